The lowest BCUT2D eigenvalue weighted by molar-refractivity contribution is 0.143. The van der Waals surface area contributed by atoms with Crippen molar-refractivity contribution in [1.29, 1.82) is 0 Å². The molecule has 0 radical (unpaired) electrons. The van der Waals surface area contributed by atoms with Crippen LogP contribution in [0.4, 0.5) is 11.8 Å². The van der Waals surface area contributed by atoms with Crippen molar-refractivity contribution >= 4 is 34.2 Å². The van der Waals surface area contributed by atoms with Gasteiger partial charge in [-0.3, -0.25) is 4.21 Å². The maximum absolute atomic E-state index is 13.1. The molecule has 2 aromatic rings. The Morgan fingerprint density at radius 2 is 1.91 bits per heavy atom. The van der Waals surface area contributed by atoms with Crippen molar-refractivity contribution < 1.29 is 9.32 Å². The first-order chi connectivity index (χ1) is 16.0. The van der Waals surface area contributed by atoms with Gasteiger partial charge in [-0.1, -0.05) is 11.6 Å². The zero-order valence-corrected chi connectivity index (χ0v) is 19.9. The second-order valence-electron chi connectivity index (χ2n) is 10.5. The molecule has 5 aliphatic rings. The fourth-order valence-corrected chi connectivity index (χ4v) is 8.36. The average molecular weight is 487 g/mol. The van der Waals surface area contributed by atoms with Gasteiger partial charge in [0.05, 0.1) is 33.7 Å². The maximum Gasteiger partial charge on any atom is 0.227 e. The fourth-order valence-electron chi connectivity index (χ4n) is 6.46. The Hall–Kier alpha value is -1.84. The van der Waals surface area contributed by atoms with Crippen LogP contribution in [0.3, 0.4) is 0 Å². The highest BCUT2D eigenvalue weighted by atomic mass is 35.5. The second kappa shape index (κ2) is 7.33. The third-order valence-corrected chi connectivity index (χ3v) is 10.6. The lowest BCUT2D eigenvalue weighted by atomic mass is 9.77. The predicted molar refractivity (Wildman–Crippen MR) is 125 cm³/mol. The molecule has 4 unspecified atom stereocenters. The number of aliphatic hydroxyl groups excluding tert-OH is 1. The zero-order chi connectivity index (χ0) is 22.3. The van der Waals surface area contributed by atoms with Gasteiger partial charge >= 0.3 is 0 Å². The number of nitrogens with one attached hydrogen (secondary N) is 1. The third kappa shape index (κ3) is 3.15. The fraction of sp³-hybridized carbons (Fsp3) is 0.652. The summed E-state index contributed by atoms with van der Waals surface area (Å²) in [7, 11) is -1.06. The number of piperidine rings is 1. The van der Waals surface area contributed by atoms with Crippen molar-refractivity contribution in [1.82, 2.24) is 19.9 Å². The molecule has 3 saturated carbocycles. The van der Waals surface area contributed by atoms with Crippen LogP contribution >= 0.6 is 11.6 Å². The van der Waals surface area contributed by atoms with Gasteiger partial charge in [-0.2, -0.15) is 4.98 Å². The minimum Gasteiger partial charge on any atom is -0.394 e. The standard InChI is InChI=1S/C23H27ClN6O2S/c24-14-7-25-20(26-8-14)17-12-2-3-13(17)10-30(9-12)22-27-18-15-6-16(15)33(32)19(18)21(28-22)29-23(11-31)4-1-5-23/h7-8,12-13,15-17,31H,1-6,9-11H2,(H,27,28,29)/t12?,13?,15?,16?,17?,33-/m1/s1. The first-order valence-electron chi connectivity index (χ1n) is 12.0. The minimum atomic E-state index is -1.06. The number of hydrogen-bond donors (Lipinski definition) is 2. The van der Waals surface area contributed by atoms with Crippen LogP contribution in [0.15, 0.2) is 17.3 Å². The number of halogens is 1. The molecule has 5 atom stereocenters. The summed E-state index contributed by atoms with van der Waals surface area (Å²) < 4.78 is 13.1. The van der Waals surface area contributed by atoms with E-state index in [2.05, 4.69) is 20.2 Å². The molecule has 2 bridgehead atoms. The molecule has 2 aliphatic heterocycles. The van der Waals surface area contributed by atoms with Crippen LogP contribution in [0.25, 0.3) is 0 Å². The Morgan fingerprint density at radius 1 is 1.18 bits per heavy atom. The molecule has 3 aliphatic carbocycles. The van der Waals surface area contributed by atoms with Crippen molar-refractivity contribution in [2.75, 3.05) is 29.9 Å². The number of hydrogen-bond acceptors (Lipinski definition) is 8. The second-order valence-corrected chi connectivity index (χ2v) is 12.5. The van der Waals surface area contributed by atoms with Gasteiger partial charge in [-0.25, -0.2) is 15.0 Å². The number of aliphatic hydroxyl groups is 1. The van der Waals surface area contributed by atoms with Crippen molar-refractivity contribution in [3.05, 3.63) is 28.9 Å². The van der Waals surface area contributed by atoms with E-state index in [4.69, 9.17) is 21.6 Å². The first-order valence-corrected chi connectivity index (χ1v) is 13.6. The molecule has 1 saturated heterocycles. The molecular weight excluding hydrogens is 460 g/mol. The van der Waals surface area contributed by atoms with E-state index in [0.717, 1.165) is 74.0 Å². The highest BCUT2D eigenvalue weighted by Gasteiger charge is 2.55. The van der Waals surface area contributed by atoms with Crippen molar-refractivity contribution in [2.24, 2.45) is 11.8 Å². The Bertz CT molecular complexity index is 1120. The molecule has 2 N–H and O–H groups in total. The van der Waals surface area contributed by atoms with Crippen LogP contribution in [0.1, 0.15) is 61.9 Å². The summed E-state index contributed by atoms with van der Waals surface area (Å²) >= 11 is 6.01. The van der Waals surface area contributed by atoms with Crippen LogP contribution in [-0.2, 0) is 10.8 Å². The summed E-state index contributed by atoms with van der Waals surface area (Å²) in [6, 6.07) is 0. The summed E-state index contributed by atoms with van der Waals surface area (Å²) in [5, 5.41) is 14.3. The molecule has 8 nitrogen and oxygen atoms in total. The molecule has 0 amide bonds. The summed E-state index contributed by atoms with van der Waals surface area (Å²) in [4.78, 5) is 22.1. The quantitative estimate of drug-likeness (QED) is 0.664. The highest BCUT2D eigenvalue weighted by molar-refractivity contribution is 7.86. The van der Waals surface area contributed by atoms with E-state index in [1.54, 1.807) is 12.4 Å². The lowest BCUT2D eigenvalue weighted by Gasteiger charge is -2.42. The minimum absolute atomic E-state index is 0.0667. The zero-order valence-electron chi connectivity index (χ0n) is 18.3. The topological polar surface area (TPSA) is 104 Å². The van der Waals surface area contributed by atoms with Gasteiger partial charge in [0.1, 0.15) is 16.5 Å². The van der Waals surface area contributed by atoms with Crippen LogP contribution in [0, 0.1) is 11.8 Å². The van der Waals surface area contributed by atoms with Gasteiger partial charge in [-0.15, -0.1) is 0 Å². The third-order valence-electron chi connectivity index (χ3n) is 8.49. The molecule has 33 heavy (non-hydrogen) atoms. The molecule has 10 heteroatoms. The molecular formula is C23H27ClN6O2S. The summed E-state index contributed by atoms with van der Waals surface area (Å²) in [5.74, 6) is 3.87. The van der Waals surface area contributed by atoms with Gasteiger partial charge in [0.25, 0.3) is 0 Å². The maximum atomic E-state index is 13.1. The SMILES string of the molecule is O=[S@]1c2c(NC3(CO)CCC3)nc(N3CC4CCC(C3)C4c3ncc(Cl)cn3)nc2C2CC21. The summed E-state index contributed by atoms with van der Waals surface area (Å²) in [6.45, 7) is 1.80. The van der Waals surface area contributed by atoms with E-state index >= 15 is 0 Å². The molecule has 7 rings (SSSR count). The average Bonchev–Trinajstić information content (AvgIpc) is 3.49. The van der Waals surface area contributed by atoms with Crippen LogP contribution in [0.5, 0.6) is 0 Å². The predicted octanol–water partition coefficient (Wildman–Crippen LogP) is 2.85. The highest BCUT2D eigenvalue weighted by Crippen LogP contribution is 2.56. The largest absolute Gasteiger partial charge is 0.394 e. The van der Waals surface area contributed by atoms with E-state index in [0.29, 0.717) is 34.5 Å². The van der Waals surface area contributed by atoms with Gasteiger partial charge < -0.3 is 15.3 Å². The van der Waals surface area contributed by atoms with Gasteiger partial charge in [-0.05, 0) is 50.4 Å². The van der Waals surface area contributed by atoms with Gasteiger partial charge in [0, 0.05) is 42.6 Å². The molecule has 0 spiro atoms. The number of anilines is 2. The van der Waals surface area contributed by atoms with E-state index in [1.165, 1.54) is 0 Å². The Kier molecular flexibility index (Phi) is 4.56. The normalized spacial score (nSPS) is 35.0. The smallest absolute Gasteiger partial charge is 0.227 e. The van der Waals surface area contributed by atoms with Crippen LogP contribution < -0.4 is 10.2 Å². The monoisotopic (exact) mass is 486 g/mol. The van der Waals surface area contributed by atoms with Gasteiger partial charge in [0.2, 0.25) is 5.95 Å². The number of nitrogens with zero attached hydrogens (tertiary/aromatic N) is 5. The van der Waals surface area contributed by atoms with Crippen LogP contribution in [0.2, 0.25) is 5.02 Å². The van der Waals surface area contributed by atoms with Crippen molar-refractivity contribution in [3.8, 4) is 0 Å². The van der Waals surface area contributed by atoms with Crippen LogP contribution in [-0.4, -0.2) is 59.7 Å². The number of fused-ring (bicyclic) bond motifs is 5. The Labute approximate surface area is 200 Å². The van der Waals surface area contributed by atoms with Crippen molar-refractivity contribution in [2.45, 2.75) is 66.0 Å². The number of rotatable bonds is 5. The Balaban J connectivity index is 1.21. The lowest BCUT2D eigenvalue weighted by Crippen LogP contribution is -2.49. The molecule has 4 heterocycles. The molecule has 2 aromatic heterocycles. The molecule has 0 aromatic carbocycles. The first kappa shape index (κ1) is 20.5. The van der Waals surface area contributed by atoms with E-state index in [1.807, 2.05) is 0 Å². The van der Waals surface area contributed by atoms with Gasteiger partial charge in [0.15, 0.2) is 0 Å². The molecule has 174 valence electrons. The van der Waals surface area contributed by atoms with E-state index < -0.39 is 10.8 Å². The summed E-state index contributed by atoms with van der Waals surface area (Å²) in [5.41, 5.74) is 0.627. The Morgan fingerprint density at radius 3 is 2.55 bits per heavy atom. The van der Waals surface area contributed by atoms with E-state index in [9.17, 15) is 9.32 Å². The summed E-state index contributed by atoms with van der Waals surface area (Å²) in [6.07, 6.45) is 9.56. The molecule has 4 fully saturated rings. The van der Waals surface area contributed by atoms with Crippen molar-refractivity contribution in [3.63, 3.8) is 0 Å². The number of aromatic nitrogens is 4. The van der Waals surface area contributed by atoms with E-state index in [-0.39, 0.29) is 17.4 Å².